The summed E-state index contributed by atoms with van der Waals surface area (Å²) in [6, 6.07) is 80.2. The average molecular weight is 1570 g/mol. The lowest BCUT2D eigenvalue weighted by Crippen LogP contribution is -2.13. The van der Waals surface area contributed by atoms with Crippen LogP contribution in [0.5, 0.6) is 0 Å². The van der Waals surface area contributed by atoms with Crippen LogP contribution in [0, 0.1) is 67.6 Å². The van der Waals surface area contributed by atoms with Crippen molar-refractivity contribution in [2.45, 2.75) is 190 Å². The topological polar surface area (TPSA) is 259 Å². The van der Waals surface area contributed by atoms with E-state index >= 15 is 0 Å². The summed E-state index contributed by atoms with van der Waals surface area (Å²) < 4.78 is 0. The Balaban J connectivity index is 0.000000170. The van der Waals surface area contributed by atoms with E-state index in [1.807, 2.05) is 199 Å². The third-order valence-electron chi connectivity index (χ3n) is 20.3. The molecule has 0 aromatic heterocycles. The molecule has 0 aliphatic heterocycles. The van der Waals surface area contributed by atoms with Crippen LogP contribution in [0.25, 0.3) is 75.4 Å². The second-order valence-electron chi connectivity index (χ2n) is 36.6. The first-order valence-electron chi connectivity index (χ1n) is 38.9. The summed E-state index contributed by atoms with van der Waals surface area (Å²) in [5, 5.41) is 79.1. The molecule has 606 valence electrons. The number of aryl methyl sites for hydroxylation is 1. The van der Waals surface area contributed by atoms with Crippen LogP contribution in [0.1, 0.15) is 190 Å². The molecule has 0 unspecified atom stereocenters. The summed E-state index contributed by atoms with van der Waals surface area (Å²) in [5.74, 6) is 0. The molecule has 0 saturated carbocycles. The van der Waals surface area contributed by atoms with E-state index in [0.29, 0.717) is 21.5 Å². The minimum Gasteiger partial charge on any atom is -0.258 e. The van der Waals surface area contributed by atoms with Crippen LogP contribution >= 0.6 is 0 Å². The van der Waals surface area contributed by atoms with Crippen molar-refractivity contribution in [3.63, 3.8) is 0 Å². The first-order chi connectivity index (χ1) is 54.3. The Morgan fingerprint density at radius 1 is 0.205 bits per heavy atom. The molecule has 0 fully saturated rings. The van der Waals surface area contributed by atoms with Gasteiger partial charge in [-0.2, -0.15) is 0 Å². The standard InChI is InChI=1S/C15H18.6C14H15NO2/c1-11-5-6-12-7-8-14(15(2,3)4)10-13(12)9-11;1-14(2,3)12-6-4-11-9-13(15(16)17)7-5-10(11)8-12;1-14(2,3)11-7-8-12-10(9-11)5-4-6-13(12)15(16)17;1-14(2,3)11-8-7-10-5-4-6-13(15(16)17)12(10)9-11;1-14(2,3)11-8-10-6-4-5-7-12(10)13(9-11)15(16)17;1-14(2,3)12-8-10-6-4-5-7-11(10)9-13(12)15(16)17;1-14(2,3)12-9-8-10-6-4-5-7-11(10)13(12)15(16)17/h5-10H,1-4H3;6*4-9H,1-3H3. The Morgan fingerprint density at radius 3 is 1.05 bits per heavy atom. The van der Waals surface area contributed by atoms with E-state index in [1.165, 1.54) is 33.0 Å². The molecule has 0 bridgehead atoms. The first kappa shape index (κ1) is 89.8. The predicted molar refractivity (Wildman–Crippen MR) is 483 cm³/mol. The molecule has 14 rings (SSSR count). The molecule has 0 atom stereocenters. The molecule has 0 radical (unpaired) electrons. The highest BCUT2D eigenvalue weighted by molar-refractivity contribution is 5.95. The van der Waals surface area contributed by atoms with E-state index in [4.69, 9.17) is 0 Å². The molecule has 14 aromatic rings. The molecule has 117 heavy (non-hydrogen) atoms. The van der Waals surface area contributed by atoms with E-state index in [-0.39, 0.29) is 102 Å². The number of nitro benzene ring substituents is 6. The zero-order valence-corrected chi connectivity index (χ0v) is 71.3. The second-order valence-corrected chi connectivity index (χ2v) is 36.6. The summed E-state index contributed by atoms with van der Waals surface area (Å²) in [6.07, 6.45) is 0. The summed E-state index contributed by atoms with van der Waals surface area (Å²) in [6.45, 7) is 46.2. The van der Waals surface area contributed by atoms with Crippen LogP contribution in [0.15, 0.2) is 255 Å². The maximum Gasteiger partial charge on any atom is 0.280 e. The van der Waals surface area contributed by atoms with Crippen LogP contribution in [0.3, 0.4) is 0 Å². The van der Waals surface area contributed by atoms with Gasteiger partial charge >= 0.3 is 0 Å². The van der Waals surface area contributed by atoms with Gasteiger partial charge in [-0.05, 0) is 163 Å². The number of non-ortho nitro benzene ring substituents is 4. The number of benzene rings is 14. The molecular weight excluding hydrogens is 1470 g/mol. The van der Waals surface area contributed by atoms with Crippen LogP contribution in [0.2, 0.25) is 0 Å². The van der Waals surface area contributed by atoms with Gasteiger partial charge in [-0.1, -0.05) is 333 Å². The summed E-state index contributed by atoms with van der Waals surface area (Å²) in [5.41, 5.74) is 9.75. The number of fused-ring (bicyclic) bond motifs is 7. The van der Waals surface area contributed by atoms with Crippen molar-refractivity contribution < 1.29 is 29.5 Å². The highest BCUT2D eigenvalue weighted by atomic mass is 16.6. The minimum atomic E-state index is -0.364. The van der Waals surface area contributed by atoms with Crippen molar-refractivity contribution in [3.8, 4) is 0 Å². The fourth-order valence-corrected chi connectivity index (χ4v) is 13.3. The lowest BCUT2D eigenvalue weighted by molar-refractivity contribution is -0.385. The quantitative estimate of drug-likeness (QED) is 0.111. The maximum absolute atomic E-state index is 11.3. The highest BCUT2D eigenvalue weighted by Gasteiger charge is 2.29. The van der Waals surface area contributed by atoms with Crippen molar-refractivity contribution >= 4 is 110 Å². The van der Waals surface area contributed by atoms with E-state index in [0.717, 1.165) is 65.3 Å². The fourth-order valence-electron chi connectivity index (χ4n) is 13.3. The number of rotatable bonds is 6. The van der Waals surface area contributed by atoms with E-state index in [9.17, 15) is 60.7 Å². The Hall–Kier alpha value is -12.7. The normalized spacial score (nSPS) is 11.7. The number of nitro groups is 6. The molecule has 0 heterocycles. The Labute approximate surface area is 685 Å². The molecule has 14 aromatic carbocycles. The molecule has 0 aliphatic rings. The SMILES string of the molecule is CC(C)(C)c1cc([N+](=O)[O-])c2ccccc2c1.CC(C)(C)c1cc2ccccc2cc1[N+](=O)[O-].CC(C)(C)c1ccc2c([N+](=O)[O-])cccc2c1.CC(C)(C)c1ccc2cc([N+](=O)[O-])ccc2c1.CC(C)(C)c1ccc2cccc([N+](=O)[O-])c2c1.CC(C)(C)c1ccc2ccccc2c1[N+](=O)[O-].Cc1ccc2ccc(C(C)(C)C)cc2c1. The Kier molecular flexibility index (Phi) is 27.6. The monoisotopic (exact) mass is 1570 g/mol. The van der Waals surface area contributed by atoms with Crippen molar-refractivity contribution in [2.24, 2.45) is 0 Å². The van der Waals surface area contributed by atoms with Gasteiger partial charge in [0.05, 0.1) is 51.1 Å². The fraction of sp³-hybridized carbons (Fsp3) is 0.293. The van der Waals surface area contributed by atoms with Crippen LogP contribution in [-0.4, -0.2) is 29.5 Å². The van der Waals surface area contributed by atoms with E-state index in [1.54, 1.807) is 54.6 Å². The predicted octanol–water partition coefficient (Wildman–Crippen LogP) is 28.7. The van der Waals surface area contributed by atoms with Crippen molar-refractivity contribution in [3.05, 3.63) is 360 Å². The van der Waals surface area contributed by atoms with Gasteiger partial charge in [0.1, 0.15) is 0 Å². The van der Waals surface area contributed by atoms with Crippen LogP contribution in [-0.2, 0) is 37.9 Å². The zero-order chi connectivity index (χ0) is 86.8. The lowest BCUT2D eigenvalue weighted by Gasteiger charge is -2.19. The van der Waals surface area contributed by atoms with E-state index < -0.39 is 0 Å². The number of hydrogen-bond donors (Lipinski definition) is 0. The maximum atomic E-state index is 11.3. The lowest BCUT2D eigenvalue weighted by atomic mass is 9.84. The smallest absolute Gasteiger partial charge is 0.258 e. The third kappa shape index (κ3) is 23.3. The molecule has 0 spiro atoms. The van der Waals surface area contributed by atoms with Gasteiger partial charge in [-0.3, -0.25) is 60.7 Å². The summed E-state index contributed by atoms with van der Waals surface area (Å²) in [7, 11) is 0. The second kappa shape index (κ2) is 36.0. The average Bonchev–Trinajstić information content (AvgIpc) is 0.701. The molecule has 0 aliphatic carbocycles. The summed E-state index contributed by atoms with van der Waals surface area (Å²) in [4.78, 5) is 64.2. The van der Waals surface area contributed by atoms with Gasteiger partial charge in [0.25, 0.3) is 34.1 Å². The third-order valence-corrected chi connectivity index (χ3v) is 20.3. The largest absolute Gasteiger partial charge is 0.280 e. The van der Waals surface area contributed by atoms with E-state index in [2.05, 4.69) is 153 Å². The summed E-state index contributed by atoms with van der Waals surface area (Å²) >= 11 is 0. The zero-order valence-electron chi connectivity index (χ0n) is 71.3. The minimum absolute atomic E-state index is 0.00208. The van der Waals surface area contributed by atoms with Crippen LogP contribution in [0.4, 0.5) is 34.1 Å². The Bertz CT molecular complexity index is 6000. The molecule has 0 amide bonds. The number of hydrogen-bond acceptors (Lipinski definition) is 12. The van der Waals surface area contributed by atoms with Gasteiger partial charge in [0.2, 0.25) is 0 Å². The van der Waals surface area contributed by atoms with Gasteiger partial charge < -0.3 is 0 Å². The van der Waals surface area contributed by atoms with Crippen molar-refractivity contribution in [1.29, 1.82) is 0 Å². The van der Waals surface area contributed by atoms with Gasteiger partial charge in [-0.25, -0.2) is 0 Å². The number of nitrogens with zero attached hydrogens (tertiary/aromatic N) is 6. The molecule has 18 nitrogen and oxygen atoms in total. The van der Waals surface area contributed by atoms with Gasteiger partial charge in [-0.15, -0.1) is 0 Å². The highest BCUT2D eigenvalue weighted by Crippen LogP contribution is 2.40. The molecular formula is C99H108N6O12. The molecule has 18 heteroatoms. The van der Waals surface area contributed by atoms with Crippen molar-refractivity contribution in [2.75, 3.05) is 0 Å². The van der Waals surface area contributed by atoms with Gasteiger partial charge in [0.15, 0.2) is 0 Å². The first-order valence-corrected chi connectivity index (χ1v) is 38.9. The van der Waals surface area contributed by atoms with Crippen molar-refractivity contribution in [1.82, 2.24) is 0 Å². The molecule has 0 saturated heterocycles. The molecule has 0 N–H and O–H groups in total. The van der Waals surface area contributed by atoms with Crippen LogP contribution < -0.4 is 0 Å². The Morgan fingerprint density at radius 2 is 0.556 bits per heavy atom. The van der Waals surface area contributed by atoms with Gasteiger partial charge in [0, 0.05) is 47.5 Å².